The number of carbonyl (C=O) groups excluding carboxylic acids is 4. The number of aliphatic hydroxyl groups excluding tert-OH is 1. The SMILES string of the molecule is O=C(OC1OC2COC(=O)c3cc(O)c(O)c4oc5c(O)c(O)cc(c5c34)C(=O)OC2C(OC(=O)c2cc(O)c(O)c(O)c2)C1O)c1cc(O)c(O)c(O)c1. The Morgan fingerprint density at radius 2 is 1.04 bits per heavy atom. The summed E-state index contributed by atoms with van der Waals surface area (Å²) >= 11 is 0. The quantitative estimate of drug-likeness (QED) is 0.0701. The highest BCUT2D eigenvalue weighted by molar-refractivity contribution is 6.23. The van der Waals surface area contributed by atoms with Gasteiger partial charge in [0, 0.05) is 10.8 Å². The van der Waals surface area contributed by atoms with Crippen molar-refractivity contribution in [3.8, 4) is 57.5 Å². The van der Waals surface area contributed by atoms with Gasteiger partial charge in [0.05, 0.1) is 22.3 Å². The summed E-state index contributed by atoms with van der Waals surface area (Å²) in [5.41, 5.74) is -3.83. The lowest BCUT2D eigenvalue weighted by molar-refractivity contribution is -0.283. The number of esters is 4. The Balaban J connectivity index is 1.34. The van der Waals surface area contributed by atoms with Crippen LogP contribution in [-0.2, 0) is 23.7 Å². The minimum atomic E-state index is -2.35. The van der Waals surface area contributed by atoms with E-state index in [2.05, 4.69) is 0 Å². The topological polar surface area (TPSA) is 350 Å². The Labute approximate surface area is 302 Å². The number of phenols is 10. The second kappa shape index (κ2) is 12.9. The summed E-state index contributed by atoms with van der Waals surface area (Å²) in [7, 11) is 0. The Hall–Kier alpha value is -7.52. The average Bonchev–Trinajstić information content (AvgIpc) is 3.54. The Morgan fingerprint density at radius 3 is 1.53 bits per heavy atom. The van der Waals surface area contributed by atoms with Crippen molar-refractivity contribution in [3.05, 3.63) is 58.7 Å². The fraction of sp³-hybridized carbons (Fsp3) is 0.176. The first-order chi connectivity index (χ1) is 26.0. The van der Waals surface area contributed by atoms with Gasteiger partial charge in [-0.1, -0.05) is 0 Å². The Kier molecular flexibility index (Phi) is 8.38. The molecule has 0 amide bonds. The van der Waals surface area contributed by atoms with E-state index in [1.54, 1.807) is 0 Å². The van der Waals surface area contributed by atoms with Gasteiger partial charge in [0.25, 0.3) is 0 Å². The van der Waals surface area contributed by atoms with Crippen molar-refractivity contribution in [1.29, 1.82) is 0 Å². The number of fused-ring (bicyclic) bond motifs is 1. The van der Waals surface area contributed by atoms with Gasteiger partial charge in [-0.2, -0.15) is 0 Å². The molecular formula is C34H24O21. The van der Waals surface area contributed by atoms with E-state index in [4.69, 9.17) is 28.1 Å². The third-order valence-electron chi connectivity index (χ3n) is 8.68. The molecule has 5 unspecified atom stereocenters. The summed E-state index contributed by atoms with van der Waals surface area (Å²) < 4.78 is 32.8. The third-order valence-corrected chi connectivity index (χ3v) is 8.68. The first kappa shape index (κ1) is 35.9. The van der Waals surface area contributed by atoms with Crippen LogP contribution in [0.3, 0.4) is 0 Å². The van der Waals surface area contributed by atoms with E-state index >= 15 is 0 Å². The monoisotopic (exact) mass is 768 g/mol. The van der Waals surface area contributed by atoms with Crippen molar-refractivity contribution in [2.45, 2.75) is 30.7 Å². The molecule has 55 heavy (non-hydrogen) atoms. The van der Waals surface area contributed by atoms with Crippen LogP contribution in [0, 0.1) is 0 Å². The molecule has 1 aromatic heterocycles. The van der Waals surface area contributed by atoms with Crippen LogP contribution >= 0.6 is 0 Å². The van der Waals surface area contributed by atoms with Gasteiger partial charge >= 0.3 is 23.9 Å². The van der Waals surface area contributed by atoms with Crippen LogP contribution in [0.2, 0.25) is 0 Å². The van der Waals surface area contributed by atoms with E-state index in [1.165, 1.54) is 0 Å². The fourth-order valence-electron chi connectivity index (χ4n) is 6.02. The summed E-state index contributed by atoms with van der Waals surface area (Å²) in [6.45, 7) is -0.996. The molecule has 7 rings (SSSR count). The molecule has 5 atom stereocenters. The van der Waals surface area contributed by atoms with Crippen molar-refractivity contribution in [1.82, 2.24) is 0 Å². The lowest BCUT2D eigenvalue weighted by atomic mass is 9.97. The number of ether oxygens (including phenoxy) is 5. The molecule has 21 nitrogen and oxygen atoms in total. The average molecular weight is 769 g/mol. The maximum Gasteiger partial charge on any atom is 0.340 e. The molecule has 0 saturated carbocycles. The number of aliphatic hydroxyl groups is 1. The molecule has 0 bridgehead atoms. The van der Waals surface area contributed by atoms with E-state index in [-0.39, 0.29) is 0 Å². The van der Waals surface area contributed by atoms with Crippen LogP contribution in [0.1, 0.15) is 41.4 Å². The molecule has 5 aromatic rings. The highest BCUT2D eigenvalue weighted by Gasteiger charge is 2.52. The van der Waals surface area contributed by atoms with Crippen LogP contribution in [-0.4, -0.2) is 117 Å². The lowest BCUT2D eigenvalue weighted by Gasteiger charge is -2.42. The molecule has 0 aliphatic carbocycles. The van der Waals surface area contributed by atoms with E-state index in [0.29, 0.717) is 30.3 Å². The maximum atomic E-state index is 14.0. The number of furan rings is 1. The molecule has 1 fully saturated rings. The molecule has 2 aliphatic heterocycles. The summed E-state index contributed by atoms with van der Waals surface area (Å²) in [5.74, 6) is -15.4. The van der Waals surface area contributed by atoms with E-state index in [1.807, 2.05) is 0 Å². The van der Waals surface area contributed by atoms with E-state index in [0.717, 1.165) is 6.07 Å². The summed E-state index contributed by atoms with van der Waals surface area (Å²) in [6.07, 6.45) is -10.7. The van der Waals surface area contributed by atoms with Crippen molar-refractivity contribution < 1.29 is 103 Å². The molecule has 286 valence electrons. The normalized spacial score (nSPS) is 21.0. The van der Waals surface area contributed by atoms with Gasteiger partial charge in [-0.25, -0.2) is 19.2 Å². The Morgan fingerprint density at radius 1 is 0.600 bits per heavy atom. The minimum Gasteiger partial charge on any atom is -0.504 e. The smallest absolute Gasteiger partial charge is 0.340 e. The van der Waals surface area contributed by atoms with Gasteiger partial charge in [-0.3, -0.25) is 0 Å². The predicted octanol–water partition coefficient (Wildman–Crippen LogP) is 1.51. The fourth-order valence-corrected chi connectivity index (χ4v) is 6.02. The first-order valence-electron chi connectivity index (χ1n) is 15.5. The lowest BCUT2D eigenvalue weighted by Crippen LogP contribution is -2.62. The molecule has 11 N–H and O–H groups in total. The standard InChI is InChI=1S/C34H24O21/c35-12-1-8(2-13(36)21(12)41)30(46)54-29-25(45)34(55-31(47)9-3-14(37)22(42)15(38)4-9)51-18-7-50-32(48)10-5-16(39)23(43)27-19(10)20-11(33(49)53-26(18)29)6-17(40)24(44)28(20)52-27/h1-6,18,25-26,29,34-45H,7H2. The van der Waals surface area contributed by atoms with Crippen molar-refractivity contribution in [3.63, 3.8) is 0 Å². The van der Waals surface area contributed by atoms with Crippen LogP contribution in [0.25, 0.3) is 21.9 Å². The number of phenolic OH excluding ortho intramolecular Hbond substituents is 10. The summed E-state index contributed by atoms with van der Waals surface area (Å²) in [4.78, 5) is 54.1. The zero-order valence-corrected chi connectivity index (χ0v) is 27.1. The van der Waals surface area contributed by atoms with Crippen LogP contribution < -0.4 is 0 Å². The summed E-state index contributed by atoms with van der Waals surface area (Å²) in [5, 5.41) is 112. The second-order valence-corrected chi connectivity index (χ2v) is 12.1. The summed E-state index contributed by atoms with van der Waals surface area (Å²) in [6, 6.07) is 4.04. The first-order valence-corrected chi connectivity index (χ1v) is 15.5. The highest BCUT2D eigenvalue weighted by Crippen LogP contribution is 2.48. The van der Waals surface area contributed by atoms with Gasteiger partial charge in [0.15, 0.2) is 75.5 Å². The van der Waals surface area contributed by atoms with Crippen molar-refractivity contribution in [2.75, 3.05) is 6.61 Å². The van der Waals surface area contributed by atoms with Gasteiger partial charge in [-0.05, 0) is 36.4 Å². The molecule has 1 saturated heterocycles. The molecule has 4 aromatic carbocycles. The molecule has 2 aliphatic rings. The molecular weight excluding hydrogens is 744 g/mol. The van der Waals surface area contributed by atoms with E-state index < -0.39 is 163 Å². The highest BCUT2D eigenvalue weighted by atomic mass is 16.7. The number of rotatable bonds is 4. The molecule has 0 radical (unpaired) electrons. The van der Waals surface area contributed by atoms with Crippen molar-refractivity contribution in [2.24, 2.45) is 0 Å². The molecule has 3 heterocycles. The number of hydrogen-bond acceptors (Lipinski definition) is 21. The minimum absolute atomic E-state index is 0.412. The number of aromatic hydroxyl groups is 10. The zero-order valence-electron chi connectivity index (χ0n) is 27.1. The number of hydrogen-bond donors (Lipinski definition) is 11. The van der Waals surface area contributed by atoms with Gasteiger partial charge in [0.1, 0.15) is 12.7 Å². The third kappa shape index (κ3) is 5.84. The zero-order chi connectivity index (χ0) is 39.8. The largest absolute Gasteiger partial charge is 0.504 e. The molecule has 0 spiro atoms. The number of benzene rings is 4. The van der Waals surface area contributed by atoms with Crippen LogP contribution in [0.4, 0.5) is 0 Å². The van der Waals surface area contributed by atoms with Gasteiger partial charge < -0.3 is 84.3 Å². The second-order valence-electron chi connectivity index (χ2n) is 12.1. The predicted molar refractivity (Wildman–Crippen MR) is 172 cm³/mol. The van der Waals surface area contributed by atoms with E-state index in [9.17, 15) is 75.3 Å². The number of cyclic esters (lactones) is 1. The van der Waals surface area contributed by atoms with Gasteiger partial charge in [0.2, 0.25) is 17.8 Å². The van der Waals surface area contributed by atoms with Crippen molar-refractivity contribution >= 4 is 45.8 Å². The van der Waals surface area contributed by atoms with Gasteiger partial charge in [-0.15, -0.1) is 0 Å². The molecule has 21 heteroatoms. The maximum absolute atomic E-state index is 14.0. The van der Waals surface area contributed by atoms with Crippen LogP contribution in [0.15, 0.2) is 40.8 Å². The van der Waals surface area contributed by atoms with Crippen LogP contribution in [0.5, 0.6) is 57.5 Å². The Bertz CT molecular complexity index is 2440. The number of carbonyl (C=O) groups is 4.